The van der Waals surface area contributed by atoms with Crippen molar-refractivity contribution in [2.45, 2.75) is 25.9 Å². The van der Waals surface area contributed by atoms with Crippen molar-refractivity contribution in [3.05, 3.63) is 41.7 Å². The molecule has 1 aromatic carbocycles. The van der Waals surface area contributed by atoms with Gasteiger partial charge in [-0.25, -0.2) is 4.68 Å². The van der Waals surface area contributed by atoms with Gasteiger partial charge in [-0.2, -0.15) is 18.3 Å². The zero-order valence-electron chi connectivity index (χ0n) is 13.6. The lowest BCUT2D eigenvalue weighted by atomic mass is 10.00. The first-order valence-electron chi connectivity index (χ1n) is 8.02. The van der Waals surface area contributed by atoms with E-state index in [1.807, 2.05) is 6.92 Å². The first kappa shape index (κ1) is 17.3. The Balaban J connectivity index is 1.95. The molecule has 1 aromatic heterocycles. The fourth-order valence-electron chi connectivity index (χ4n) is 3.08. The molecule has 0 aliphatic carbocycles. The van der Waals surface area contributed by atoms with Crippen molar-refractivity contribution >= 4 is 5.91 Å². The third kappa shape index (κ3) is 3.47. The smallest absolute Gasteiger partial charge is 0.418 e. The van der Waals surface area contributed by atoms with E-state index in [9.17, 15) is 23.1 Å². The second-order valence-corrected chi connectivity index (χ2v) is 6.32. The summed E-state index contributed by atoms with van der Waals surface area (Å²) in [6, 6.07) is 4.89. The molecule has 0 saturated carbocycles. The summed E-state index contributed by atoms with van der Waals surface area (Å²) < 4.78 is 40.4. The van der Waals surface area contributed by atoms with Gasteiger partial charge in [-0.05, 0) is 30.9 Å². The van der Waals surface area contributed by atoms with Crippen molar-refractivity contribution in [1.29, 1.82) is 0 Å². The summed E-state index contributed by atoms with van der Waals surface area (Å²) in [5.74, 6) is -0.555. The van der Waals surface area contributed by atoms with Crippen molar-refractivity contribution in [2.75, 3.05) is 13.1 Å². The molecule has 0 radical (unpaired) electrons. The van der Waals surface area contributed by atoms with Crippen LogP contribution in [0.3, 0.4) is 0 Å². The van der Waals surface area contributed by atoms with Crippen LogP contribution in [0.5, 0.6) is 5.75 Å². The van der Waals surface area contributed by atoms with E-state index in [1.54, 1.807) is 4.90 Å². The third-order valence-corrected chi connectivity index (χ3v) is 4.30. The van der Waals surface area contributed by atoms with Crippen LogP contribution in [0.1, 0.15) is 35.8 Å². The SMILES string of the molecule is C[C@@H]1CCCN(C(=O)c2nn(-c3ccccc3C(F)(F)F)cc2O)C1. The van der Waals surface area contributed by atoms with Crippen LogP contribution in [-0.2, 0) is 6.18 Å². The zero-order chi connectivity index (χ0) is 18.2. The molecule has 2 heterocycles. The number of amides is 1. The number of carbonyl (C=O) groups excluding carboxylic acids is 1. The lowest BCUT2D eigenvalue weighted by Crippen LogP contribution is -2.39. The number of halogens is 3. The molecule has 0 spiro atoms. The van der Waals surface area contributed by atoms with Crippen molar-refractivity contribution in [1.82, 2.24) is 14.7 Å². The van der Waals surface area contributed by atoms with Gasteiger partial charge >= 0.3 is 6.18 Å². The van der Waals surface area contributed by atoms with Gasteiger partial charge in [-0.1, -0.05) is 19.1 Å². The van der Waals surface area contributed by atoms with Gasteiger partial charge in [0.05, 0.1) is 17.4 Å². The van der Waals surface area contributed by atoms with Gasteiger partial charge in [0.1, 0.15) is 0 Å². The molecular formula is C17H18F3N3O2. The number of piperidine rings is 1. The van der Waals surface area contributed by atoms with Crippen molar-refractivity contribution in [3.63, 3.8) is 0 Å². The van der Waals surface area contributed by atoms with Gasteiger partial charge in [-0.3, -0.25) is 4.79 Å². The minimum Gasteiger partial charge on any atom is -0.504 e. The van der Waals surface area contributed by atoms with Crippen LogP contribution >= 0.6 is 0 Å². The van der Waals surface area contributed by atoms with Crippen LogP contribution in [0.25, 0.3) is 5.69 Å². The van der Waals surface area contributed by atoms with Gasteiger partial charge in [0, 0.05) is 13.1 Å². The van der Waals surface area contributed by atoms with Crippen molar-refractivity contribution in [2.24, 2.45) is 5.92 Å². The van der Waals surface area contributed by atoms with E-state index < -0.39 is 23.4 Å². The first-order chi connectivity index (χ1) is 11.8. The lowest BCUT2D eigenvalue weighted by Gasteiger charge is -2.30. The van der Waals surface area contributed by atoms with Crippen LogP contribution < -0.4 is 0 Å². The molecule has 0 bridgehead atoms. The number of nitrogens with zero attached hydrogens (tertiary/aromatic N) is 3. The van der Waals surface area contributed by atoms with Gasteiger partial charge in [0.2, 0.25) is 0 Å². The first-order valence-corrected chi connectivity index (χ1v) is 8.02. The molecule has 1 N–H and O–H groups in total. The number of carbonyl (C=O) groups is 1. The van der Waals surface area contributed by atoms with E-state index in [-0.39, 0.29) is 11.4 Å². The Kier molecular flexibility index (Phi) is 4.45. The largest absolute Gasteiger partial charge is 0.504 e. The van der Waals surface area contributed by atoms with E-state index in [4.69, 9.17) is 0 Å². The second-order valence-electron chi connectivity index (χ2n) is 6.32. The molecule has 1 atom stereocenters. The normalized spacial score (nSPS) is 18.4. The molecule has 2 aromatic rings. The van der Waals surface area contributed by atoms with E-state index in [0.717, 1.165) is 29.8 Å². The van der Waals surface area contributed by atoms with Crippen LogP contribution in [-0.4, -0.2) is 38.8 Å². The molecule has 1 fully saturated rings. The second kappa shape index (κ2) is 6.42. The van der Waals surface area contributed by atoms with Gasteiger partial charge in [0.25, 0.3) is 5.91 Å². The highest BCUT2D eigenvalue weighted by Gasteiger charge is 2.34. The standard InChI is InChI=1S/C17H18F3N3O2/c1-11-5-4-8-22(9-11)16(25)15-14(24)10-23(21-15)13-7-3-2-6-12(13)17(18,19)20/h2-3,6-7,10-11,24H,4-5,8-9H2,1H3/t11-/m1/s1. The number of hydrogen-bond donors (Lipinski definition) is 1. The van der Waals surface area contributed by atoms with Crippen LogP contribution in [0, 0.1) is 5.92 Å². The van der Waals surface area contributed by atoms with Gasteiger partial charge in [-0.15, -0.1) is 0 Å². The minimum absolute atomic E-state index is 0.230. The molecule has 1 amide bonds. The summed E-state index contributed by atoms with van der Waals surface area (Å²) >= 11 is 0. The zero-order valence-corrected chi connectivity index (χ0v) is 13.6. The van der Waals surface area contributed by atoms with E-state index in [1.165, 1.54) is 18.2 Å². The monoisotopic (exact) mass is 353 g/mol. The summed E-state index contributed by atoms with van der Waals surface area (Å²) in [5.41, 5.74) is -1.36. The van der Waals surface area contributed by atoms with Crippen molar-refractivity contribution < 1.29 is 23.1 Å². The molecule has 1 saturated heterocycles. The highest BCUT2D eigenvalue weighted by molar-refractivity contribution is 5.95. The molecule has 134 valence electrons. The maximum Gasteiger partial charge on any atom is 0.418 e. The Morgan fingerprint density at radius 1 is 1.32 bits per heavy atom. The molecule has 0 unspecified atom stereocenters. The Hall–Kier alpha value is -2.51. The summed E-state index contributed by atoms with van der Waals surface area (Å²) in [6.07, 6.45) is -1.66. The highest BCUT2D eigenvalue weighted by Crippen LogP contribution is 2.34. The summed E-state index contributed by atoms with van der Waals surface area (Å²) in [5, 5.41) is 14.0. The summed E-state index contributed by atoms with van der Waals surface area (Å²) in [6.45, 7) is 3.12. The Morgan fingerprint density at radius 2 is 2.04 bits per heavy atom. The predicted molar refractivity (Wildman–Crippen MR) is 84.5 cm³/mol. The van der Waals surface area contributed by atoms with Crippen LogP contribution in [0.2, 0.25) is 0 Å². The van der Waals surface area contributed by atoms with Gasteiger partial charge in [0.15, 0.2) is 11.4 Å². The average Bonchev–Trinajstić information content (AvgIpc) is 2.95. The molecule has 5 nitrogen and oxygen atoms in total. The molecule has 3 rings (SSSR count). The van der Waals surface area contributed by atoms with E-state index in [2.05, 4.69) is 5.10 Å². The maximum atomic E-state index is 13.2. The Morgan fingerprint density at radius 3 is 2.72 bits per heavy atom. The maximum absolute atomic E-state index is 13.2. The van der Waals surface area contributed by atoms with E-state index in [0.29, 0.717) is 19.0 Å². The van der Waals surface area contributed by atoms with E-state index >= 15 is 0 Å². The van der Waals surface area contributed by atoms with Crippen LogP contribution in [0.15, 0.2) is 30.5 Å². The number of rotatable bonds is 2. The molecular weight excluding hydrogens is 335 g/mol. The lowest BCUT2D eigenvalue weighted by molar-refractivity contribution is -0.137. The van der Waals surface area contributed by atoms with Gasteiger partial charge < -0.3 is 10.0 Å². The molecule has 25 heavy (non-hydrogen) atoms. The average molecular weight is 353 g/mol. The Labute approximate surface area is 142 Å². The van der Waals surface area contributed by atoms with Crippen molar-refractivity contribution in [3.8, 4) is 11.4 Å². The quantitative estimate of drug-likeness (QED) is 0.899. The molecule has 1 aliphatic rings. The number of aromatic nitrogens is 2. The molecule has 8 heteroatoms. The Bertz CT molecular complexity index is 786. The minimum atomic E-state index is -4.56. The number of hydrogen-bond acceptors (Lipinski definition) is 3. The predicted octanol–water partition coefficient (Wildman–Crippen LogP) is 3.47. The summed E-state index contributed by atoms with van der Waals surface area (Å²) in [7, 11) is 0. The highest BCUT2D eigenvalue weighted by atomic mass is 19.4. The number of para-hydroxylation sites is 1. The number of alkyl halides is 3. The van der Waals surface area contributed by atoms with Crippen LogP contribution in [0.4, 0.5) is 13.2 Å². The number of likely N-dealkylation sites (tertiary alicyclic amines) is 1. The molecule has 1 aliphatic heterocycles. The summed E-state index contributed by atoms with van der Waals surface area (Å²) in [4.78, 5) is 14.1. The fraction of sp³-hybridized carbons (Fsp3) is 0.412. The third-order valence-electron chi connectivity index (χ3n) is 4.30. The fourth-order valence-corrected chi connectivity index (χ4v) is 3.08. The number of aromatic hydroxyl groups is 1. The topological polar surface area (TPSA) is 58.4 Å². The number of benzene rings is 1.